The minimum absolute atomic E-state index is 0.0532. The number of hydrogen-bond acceptors (Lipinski definition) is 6. The van der Waals surface area contributed by atoms with Gasteiger partial charge in [0.15, 0.2) is 0 Å². The molecule has 0 aliphatic carbocycles. The SMILES string of the molecule is CN(C)/N=C(\C=N\N(C)C)c1ccc([N+](=O)[O-])cc1. The van der Waals surface area contributed by atoms with Crippen LogP contribution in [0.5, 0.6) is 0 Å². The second-order valence-corrected chi connectivity index (χ2v) is 4.23. The van der Waals surface area contributed by atoms with E-state index in [0.29, 0.717) is 5.71 Å². The molecule has 0 aliphatic heterocycles. The molecule has 1 aromatic rings. The third-order valence-electron chi connectivity index (χ3n) is 2.09. The first kappa shape index (κ1) is 14.6. The summed E-state index contributed by atoms with van der Waals surface area (Å²) in [4.78, 5) is 10.2. The van der Waals surface area contributed by atoms with Gasteiger partial charge in [-0.1, -0.05) is 0 Å². The van der Waals surface area contributed by atoms with Crippen LogP contribution in [0.4, 0.5) is 5.69 Å². The maximum Gasteiger partial charge on any atom is 0.269 e. The van der Waals surface area contributed by atoms with Gasteiger partial charge < -0.3 is 10.0 Å². The monoisotopic (exact) mass is 263 g/mol. The van der Waals surface area contributed by atoms with Crippen LogP contribution in [0.1, 0.15) is 5.56 Å². The quantitative estimate of drug-likeness (QED) is 0.457. The van der Waals surface area contributed by atoms with Crippen LogP contribution in [-0.4, -0.2) is 55.1 Å². The molecule has 0 saturated carbocycles. The summed E-state index contributed by atoms with van der Waals surface area (Å²) in [6, 6.07) is 6.21. The fourth-order valence-corrected chi connectivity index (χ4v) is 1.30. The average molecular weight is 263 g/mol. The van der Waals surface area contributed by atoms with Crippen molar-refractivity contribution in [2.75, 3.05) is 28.2 Å². The van der Waals surface area contributed by atoms with Gasteiger partial charge in [-0.05, 0) is 12.1 Å². The van der Waals surface area contributed by atoms with Crippen molar-refractivity contribution in [3.8, 4) is 0 Å². The Kier molecular flexibility index (Phi) is 4.99. The van der Waals surface area contributed by atoms with Crippen LogP contribution < -0.4 is 0 Å². The Morgan fingerprint density at radius 2 is 1.74 bits per heavy atom. The third kappa shape index (κ3) is 4.74. The number of hydrogen-bond donors (Lipinski definition) is 0. The standard InChI is InChI=1S/C12H17N5O2/c1-15(2)13-9-12(14-16(3)4)10-5-7-11(8-6-10)17(18)19/h5-9H,1-4H3/b13-9+,14-12+. The van der Waals surface area contributed by atoms with E-state index in [0.717, 1.165) is 5.56 Å². The topological polar surface area (TPSA) is 74.3 Å². The number of hydrazone groups is 2. The lowest BCUT2D eigenvalue weighted by atomic mass is 10.1. The van der Waals surface area contributed by atoms with E-state index in [4.69, 9.17) is 0 Å². The summed E-state index contributed by atoms with van der Waals surface area (Å²) in [5.74, 6) is 0. The minimum Gasteiger partial charge on any atom is -0.303 e. The van der Waals surface area contributed by atoms with Crippen molar-refractivity contribution < 1.29 is 4.92 Å². The van der Waals surface area contributed by atoms with Crippen molar-refractivity contribution in [1.82, 2.24) is 10.0 Å². The summed E-state index contributed by atoms with van der Waals surface area (Å²) in [5.41, 5.74) is 1.45. The Morgan fingerprint density at radius 1 is 1.16 bits per heavy atom. The number of non-ortho nitro benzene ring substituents is 1. The summed E-state index contributed by atoms with van der Waals surface area (Å²) in [6.45, 7) is 0. The van der Waals surface area contributed by atoms with Crippen molar-refractivity contribution in [3.63, 3.8) is 0 Å². The van der Waals surface area contributed by atoms with Gasteiger partial charge in [-0.2, -0.15) is 10.2 Å². The predicted molar refractivity (Wildman–Crippen MR) is 75.5 cm³/mol. The molecule has 0 fully saturated rings. The molecule has 0 amide bonds. The molecule has 0 saturated heterocycles. The number of nitro benzene ring substituents is 1. The van der Waals surface area contributed by atoms with Gasteiger partial charge >= 0.3 is 0 Å². The highest BCUT2D eigenvalue weighted by atomic mass is 16.6. The number of nitro groups is 1. The largest absolute Gasteiger partial charge is 0.303 e. The predicted octanol–water partition coefficient (Wildman–Crippen LogP) is 1.41. The zero-order chi connectivity index (χ0) is 14.4. The summed E-state index contributed by atoms with van der Waals surface area (Å²) < 4.78 is 0. The highest BCUT2D eigenvalue weighted by molar-refractivity contribution is 6.38. The van der Waals surface area contributed by atoms with E-state index < -0.39 is 4.92 Å². The molecule has 0 spiro atoms. The van der Waals surface area contributed by atoms with Crippen molar-refractivity contribution >= 4 is 17.6 Å². The molecule has 1 rings (SSSR count). The minimum atomic E-state index is -0.430. The van der Waals surface area contributed by atoms with E-state index >= 15 is 0 Å². The number of nitrogens with zero attached hydrogens (tertiary/aromatic N) is 5. The van der Waals surface area contributed by atoms with Crippen LogP contribution >= 0.6 is 0 Å². The highest BCUT2D eigenvalue weighted by Crippen LogP contribution is 2.12. The number of rotatable bonds is 5. The first-order chi connectivity index (χ1) is 8.90. The molecule has 0 unspecified atom stereocenters. The molecule has 0 aromatic heterocycles. The zero-order valence-electron chi connectivity index (χ0n) is 11.4. The Balaban J connectivity index is 3.08. The summed E-state index contributed by atoms with van der Waals surface area (Å²) >= 11 is 0. The van der Waals surface area contributed by atoms with Crippen molar-refractivity contribution in [2.24, 2.45) is 10.2 Å². The Labute approximate surface area is 112 Å². The first-order valence-electron chi connectivity index (χ1n) is 5.62. The van der Waals surface area contributed by atoms with Gasteiger partial charge in [0.1, 0.15) is 5.71 Å². The van der Waals surface area contributed by atoms with E-state index in [1.54, 1.807) is 56.6 Å². The molecule has 1 aromatic carbocycles. The van der Waals surface area contributed by atoms with Gasteiger partial charge in [-0.3, -0.25) is 10.1 Å². The van der Waals surface area contributed by atoms with E-state index in [-0.39, 0.29) is 5.69 Å². The van der Waals surface area contributed by atoms with Gasteiger partial charge in [0.05, 0.1) is 11.1 Å². The van der Waals surface area contributed by atoms with Gasteiger partial charge in [0.25, 0.3) is 5.69 Å². The van der Waals surface area contributed by atoms with Crippen LogP contribution in [-0.2, 0) is 0 Å². The molecule has 0 aliphatic rings. The normalized spacial score (nSPS) is 11.7. The Morgan fingerprint density at radius 3 is 2.16 bits per heavy atom. The lowest BCUT2D eigenvalue weighted by molar-refractivity contribution is -0.384. The van der Waals surface area contributed by atoms with E-state index in [9.17, 15) is 10.1 Å². The second-order valence-electron chi connectivity index (χ2n) is 4.23. The summed E-state index contributed by atoms with van der Waals surface area (Å²) in [6.07, 6.45) is 1.61. The second kappa shape index (κ2) is 6.48. The Hall–Kier alpha value is -2.44. The van der Waals surface area contributed by atoms with Crippen molar-refractivity contribution in [3.05, 3.63) is 39.9 Å². The molecule has 0 heterocycles. The summed E-state index contributed by atoms with van der Waals surface area (Å²) in [7, 11) is 7.21. The first-order valence-corrected chi connectivity index (χ1v) is 5.62. The lowest BCUT2D eigenvalue weighted by Gasteiger charge is -2.09. The molecule has 102 valence electrons. The van der Waals surface area contributed by atoms with Gasteiger partial charge in [-0.25, -0.2) is 0 Å². The highest BCUT2D eigenvalue weighted by Gasteiger charge is 2.07. The summed E-state index contributed by atoms with van der Waals surface area (Å²) in [5, 5.41) is 22.3. The third-order valence-corrected chi connectivity index (χ3v) is 2.09. The van der Waals surface area contributed by atoms with E-state index in [2.05, 4.69) is 10.2 Å². The van der Waals surface area contributed by atoms with E-state index in [1.165, 1.54) is 12.1 Å². The molecule has 0 bridgehead atoms. The molecule has 7 heteroatoms. The fraction of sp³-hybridized carbons (Fsp3) is 0.333. The van der Waals surface area contributed by atoms with Crippen LogP contribution in [0.3, 0.4) is 0 Å². The molecule has 7 nitrogen and oxygen atoms in total. The van der Waals surface area contributed by atoms with Gasteiger partial charge in [0, 0.05) is 45.9 Å². The molecular weight excluding hydrogens is 246 g/mol. The van der Waals surface area contributed by atoms with Crippen LogP contribution in [0.2, 0.25) is 0 Å². The van der Waals surface area contributed by atoms with Gasteiger partial charge in [-0.15, -0.1) is 0 Å². The number of benzene rings is 1. The average Bonchev–Trinajstić information content (AvgIpc) is 2.34. The smallest absolute Gasteiger partial charge is 0.269 e. The molecular formula is C12H17N5O2. The Bertz CT molecular complexity index is 491. The van der Waals surface area contributed by atoms with Crippen LogP contribution in [0, 0.1) is 10.1 Å². The van der Waals surface area contributed by atoms with Crippen molar-refractivity contribution in [1.29, 1.82) is 0 Å². The molecule has 0 radical (unpaired) electrons. The maximum absolute atomic E-state index is 10.6. The van der Waals surface area contributed by atoms with Crippen molar-refractivity contribution in [2.45, 2.75) is 0 Å². The lowest BCUT2D eigenvalue weighted by Crippen LogP contribution is -2.13. The van der Waals surface area contributed by atoms with E-state index in [1.807, 2.05) is 0 Å². The maximum atomic E-state index is 10.6. The van der Waals surface area contributed by atoms with Gasteiger partial charge in [0.2, 0.25) is 0 Å². The molecule has 0 N–H and O–H groups in total. The van der Waals surface area contributed by atoms with Crippen LogP contribution in [0.15, 0.2) is 34.5 Å². The molecule has 19 heavy (non-hydrogen) atoms. The zero-order valence-corrected chi connectivity index (χ0v) is 11.4. The molecule has 0 atom stereocenters. The van der Waals surface area contributed by atoms with Crippen LogP contribution in [0.25, 0.3) is 0 Å². The fourth-order valence-electron chi connectivity index (χ4n) is 1.30.